The van der Waals surface area contributed by atoms with Crippen molar-refractivity contribution in [3.05, 3.63) is 24.0 Å². The van der Waals surface area contributed by atoms with Crippen molar-refractivity contribution in [2.75, 3.05) is 5.75 Å². The zero-order valence-electron chi connectivity index (χ0n) is 4.91. The minimum absolute atomic E-state index is 0.769. The quantitative estimate of drug-likeness (QED) is 0.596. The van der Waals surface area contributed by atoms with Gasteiger partial charge >= 0.3 is 0 Å². The van der Waals surface area contributed by atoms with Crippen LogP contribution in [0, 0.1) is 0 Å². The Kier molecular flexibility index (Phi) is 2.39. The average molecular weight is 140 g/mol. The molecule has 9 heavy (non-hydrogen) atoms. The van der Waals surface area contributed by atoms with Crippen LogP contribution in [0.25, 0.3) is 6.08 Å². The Labute approximate surface area is 59.4 Å². The summed E-state index contributed by atoms with van der Waals surface area (Å²) in [5.74, 6) is 0.769. The van der Waals surface area contributed by atoms with E-state index in [9.17, 15) is 0 Å². The van der Waals surface area contributed by atoms with Gasteiger partial charge in [0.25, 0.3) is 0 Å². The molecule has 0 unspecified atom stereocenters. The number of aromatic nitrogens is 2. The molecular weight excluding hydrogens is 132 g/mol. The molecule has 0 aliphatic rings. The molecular formula is C6H8N2S. The Bertz CT molecular complexity index is 179. The predicted molar refractivity (Wildman–Crippen MR) is 41.5 cm³/mol. The fraction of sp³-hybridized carbons (Fsp3) is 0.167. The first-order valence-corrected chi connectivity index (χ1v) is 3.33. The van der Waals surface area contributed by atoms with Gasteiger partial charge in [0.1, 0.15) is 0 Å². The topological polar surface area (TPSA) is 28.7 Å². The third-order valence-electron chi connectivity index (χ3n) is 0.935. The summed E-state index contributed by atoms with van der Waals surface area (Å²) in [6.07, 6.45) is 7.53. The van der Waals surface area contributed by atoms with Gasteiger partial charge in [0, 0.05) is 17.5 Å². The van der Waals surface area contributed by atoms with Crippen LogP contribution in [-0.4, -0.2) is 16.0 Å². The molecule has 0 amide bonds. The third kappa shape index (κ3) is 1.93. The fourth-order valence-corrected chi connectivity index (χ4v) is 0.646. The summed E-state index contributed by atoms with van der Waals surface area (Å²) in [7, 11) is 0. The predicted octanol–water partition coefficient (Wildman–Crippen LogP) is 1.35. The van der Waals surface area contributed by atoms with Crippen LogP contribution in [0.2, 0.25) is 0 Å². The summed E-state index contributed by atoms with van der Waals surface area (Å²) in [5.41, 5.74) is 1.09. The van der Waals surface area contributed by atoms with Crippen LogP contribution in [0.15, 0.2) is 18.5 Å². The lowest BCUT2D eigenvalue weighted by Crippen LogP contribution is -1.61. The second-order valence-corrected chi connectivity index (χ2v) is 1.98. The highest BCUT2D eigenvalue weighted by molar-refractivity contribution is 7.80. The second kappa shape index (κ2) is 3.35. The Morgan fingerprint density at radius 2 is 2.67 bits per heavy atom. The van der Waals surface area contributed by atoms with Crippen LogP contribution in [-0.2, 0) is 0 Å². The molecule has 0 aromatic carbocycles. The molecule has 1 N–H and O–H groups in total. The van der Waals surface area contributed by atoms with Gasteiger partial charge in [-0.25, -0.2) is 0 Å². The van der Waals surface area contributed by atoms with Crippen LogP contribution in [0.4, 0.5) is 0 Å². The summed E-state index contributed by atoms with van der Waals surface area (Å²) in [4.78, 5) is 0. The average Bonchev–Trinajstić information content (AvgIpc) is 2.34. The van der Waals surface area contributed by atoms with Crippen LogP contribution < -0.4 is 0 Å². The normalized spacial score (nSPS) is 10.8. The van der Waals surface area contributed by atoms with Gasteiger partial charge in [0.2, 0.25) is 0 Å². The molecule has 1 aromatic rings. The number of hydrogen-bond donors (Lipinski definition) is 2. The Balaban J connectivity index is 2.57. The molecule has 3 heteroatoms. The highest BCUT2D eigenvalue weighted by Crippen LogP contribution is 1.96. The van der Waals surface area contributed by atoms with E-state index >= 15 is 0 Å². The van der Waals surface area contributed by atoms with E-state index in [2.05, 4.69) is 22.8 Å². The van der Waals surface area contributed by atoms with Crippen molar-refractivity contribution in [3.63, 3.8) is 0 Å². The van der Waals surface area contributed by atoms with Gasteiger partial charge in [-0.05, 0) is 0 Å². The van der Waals surface area contributed by atoms with Crippen LogP contribution in [0.5, 0.6) is 0 Å². The summed E-state index contributed by atoms with van der Waals surface area (Å²) < 4.78 is 0. The van der Waals surface area contributed by atoms with Crippen molar-refractivity contribution >= 4 is 18.7 Å². The number of thiol groups is 1. The van der Waals surface area contributed by atoms with E-state index < -0.39 is 0 Å². The molecule has 0 fully saturated rings. The standard InChI is InChI=1S/C6H8N2S/c9-3-1-2-6-4-7-8-5-6/h1-2,4-5,9H,3H2,(H,7,8). The van der Waals surface area contributed by atoms with Crippen LogP contribution in [0.1, 0.15) is 5.56 Å². The highest BCUT2D eigenvalue weighted by atomic mass is 32.1. The number of rotatable bonds is 2. The van der Waals surface area contributed by atoms with Crippen molar-refractivity contribution in [1.29, 1.82) is 0 Å². The zero-order valence-corrected chi connectivity index (χ0v) is 5.81. The summed E-state index contributed by atoms with van der Waals surface area (Å²) in [6.45, 7) is 0. The fourth-order valence-electron chi connectivity index (χ4n) is 0.541. The maximum absolute atomic E-state index is 4.01. The maximum atomic E-state index is 4.01. The number of aromatic amines is 1. The molecule has 1 rings (SSSR count). The second-order valence-electron chi connectivity index (χ2n) is 1.62. The minimum Gasteiger partial charge on any atom is -0.285 e. The van der Waals surface area contributed by atoms with Crippen molar-refractivity contribution in [1.82, 2.24) is 10.2 Å². The highest BCUT2D eigenvalue weighted by Gasteiger charge is 1.81. The van der Waals surface area contributed by atoms with Gasteiger partial charge in [0.05, 0.1) is 6.20 Å². The van der Waals surface area contributed by atoms with Gasteiger partial charge in [-0.15, -0.1) is 0 Å². The molecule has 1 heterocycles. The first-order chi connectivity index (χ1) is 4.43. The number of H-pyrrole nitrogens is 1. The van der Waals surface area contributed by atoms with E-state index in [-0.39, 0.29) is 0 Å². The molecule has 0 aliphatic heterocycles. The Hall–Kier alpha value is -0.700. The van der Waals surface area contributed by atoms with Crippen molar-refractivity contribution in [3.8, 4) is 0 Å². The SMILES string of the molecule is SCC=Cc1cn[nH]c1. The van der Waals surface area contributed by atoms with Gasteiger partial charge < -0.3 is 0 Å². The molecule has 0 aliphatic carbocycles. The van der Waals surface area contributed by atoms with Gasteiger partial charge in [0.15, 0.2) is 0 Å². The third-order valence-corrected chi connectivity index (χ3v) is 1.15. The molecule has 1 aromatic heterocycles. The van der Waals surface area contributed by atoms with Crippen molar-refractivity contribution in [2.24, 2.45) is 0 Å². The van der Waals surface area contributed by atoms with E-state index in [1.54, 1.807) is 6.20 Å². The molecule has 0 bridgehead atoms. The molecule has 2 nitrogen and oxygen atoms in total. The minimum atomic E-state index is 0.769. The largest absolute Gasteiger partial charge is 0.285 e. The molecule has 0 saturated heterocycles. The van der Waals surface area contributed by atoms with Gasteiger partial charge in [-0.1, -0.05) is 12.2 Å². The lowest BCUT2D eigenvalue weighted by atomic mass is 10.3. The number of hydrogen-bond acceptors (Lipinski definition) is 2. The van der Waals surface area contributed by atoms with E-state index in [1.807, 2.05) is 18.3 Å². The van der Waals surface area contributed by atoms with Gasteiger partial charge in [-0.3, -0.25) is 5.10 Å². The summed E-state index contributed by atoms with van der Waals surface area (Å²) >= 11 is 4.01. The molecule has 0 spiro atoms. The zero-order chi connectivity index (χ0) is 6.53. The van der Waals surface area contributed by atoms with E-state index in [1.165, 1.54) is 0 Å². The lowest BCUT2D eigenvalue weighted by molar-refractivity contribution is 1.09. The molecule has 0 atom stereocenters. The number of nitrogens with one attached hydrogen (secondary N) is 1. The Morgan fingerprint density at radius 3 is 3.22 bits per heavy atom. The van der Waals surface area contributed by atoms with Gasteiger partial charge in [-0.2, -0.15) is 17.7 Å². The molecule has 0 radical (unpaired) electrons. The van der Waals surface area contributed by atoms with E-state index in [0.29, 0.717) is 0 Å². The lowest BCUT2D eigenvalue weighted by Gasteiger charge is -1.77. The van der Waals surface area contributed by atoms with Crippen molar-refractivity contribution < 1.29 is 0 Å². The molecule has 0 saturated carbocycles. The smallest absolute Gasteiger partial charge is 0.0559 e. The van der Waals surface area contributed by atoms with E-state index in [4.69, 9.17) is 0 Å². The monoisotopic (exact) mass is 140 g/mol. The summed E-state index contributed by atoms with van der Waals surface area (Å²) in [5, 5.41) is 6.49. The van der Waals surface area contributed by atoms with Crippen LogP contribution >= 0.6 is 12.6 Å². The molecule has 48 valence electrons. The first-order valence-electron chi connectivity index (χ1n) is 2.69. The van der Waals surface area contributed by atoms with E-state index in [0.717, 1.165) is 11.3 Å². The maximum Gasteiger partial charge on any atom is 0.0559 e. The Morgan fingerprint density at radius 1 is 1.78 bits per heavy atom. The summed E-state index contributed by atoms with van der Waals surface area (Å²) in [6, 6.07) is 0. The van der Waals surface area contributed by atoms with Crippen LogP contribution in [0.3, 0.4) is 0 Å². The van der Waals surface area contributed by atoms with Crippen molar-refractivity contribution in [2.45, 2.75) is 0 Å². The first kappa shape index (κ1) is 6.42. The number of nitrogens with zero attached hydrogens (tertiary/aromatic N) is 1.